The van der Waals surface area contributed by atoms with Crippen LogP contribution in [0.25, 0.3) is 0 Å². The quantitative estimate of drug-likeness (QED) is 0.847. The number of aryl methyl sites for hydroxylation is 1. The Morgan fingerprint density at radius 2 is 2.27 bits per heavy atom. The molecule has 0 unspecified atom stereocenters. The predicted octanol–water partition coefficient (Wildman–Crippen LogP) is 3.09. The summed E-state index contributed by atoms with van der Waals surface area (Å²) in [7, 11) is 0. The lowest BCUT2D eigenvalue weighted by atomic mass is 9.84. The molecule has 0 atom stereocenters. The molecule has 1 heterocycles. The first-order chi connectivity index (χ1) is 7.24. The fraction of sp³-hybridized carbons (Fsp3) is 0.583. The molecule has 1 aliphatic rings. The van der Waals surface area contributed by atoms with E-state index in [1.165, 1.54) is 24.8 Å². The van der Waals surface area contributed by atoms with E-state index in [4.69, 9.17) is 0 Å². The molecule has 0 radical (unpaired) electrons. The zero-order valence-electron chi connectivity index (χ0n) is 9.42. The molecule has 2 rings (SSSR count). The van der Waals surface area contributed by atoms with Crippen LogP contribution in [0.1, 0.15) is 24.8 Å². The largest absolute Gasteiger partial charge is 0.369 e. The van der Waals surface area contributed by atoms with Crippen molar-refractivity contribution in [2.45, 2.75) is 30.9 Å². The molecule has 1 N–H and O–H groups in total. The van der Waals surface area contributed by atoms with Crippen LogP contribution in [0.3, 0.4) is 0 Å². The first-order valence-corrected chi connectivity index (χ1v) is 6.68. The van der Waals surface area contributed by atoms with Crippen LogP contribution in [0.15, 0.2) is 18.3 Å². The molecule has 0 saturated heterocycles. The van der Waals surface area contributed by atoms with E-state index in [2.05, 4.69) is 35.6 Å². The van der Waals surface area contributed by atoms with Crippen molar-refractivity contribution >= 4 is 17.6 Å². The first-order valence-electron chi connectivity index (χ1n) is 5.46. The molecule has 0 bridgehead atoms. The fourth-order valence-electron chi connectivity index (χ4n) is 1.85. The van der Waals surface area contributed by atoms with Gasteiger partial charge in [-0.05, 0) is 37.7 Å². The zero-order chi connectivity index (χ0) is 10.7. The van der Waals surface area contributed by atoms with Crippen LogP contribution in [0.4, 0.5) is 5.82 Å². The third kappa shape index (κ3) is 2.46. The SMILES string of the molecule is CSC1(CNc2ccc(C)cn2)CCC1. The summed E-state index contributed by atoms with van der Waals surface area (Å²) in [6, 6.07) is 4.16. The molecule has 1 aromatic heterocycles. The van der Waals surface area contributed by atoms with E-state index >= 15 is 0 Å². The van der Waals surface area contributed by atoms with Crippen LogP contribution in [-0.4, -0.2) is 22.5 Å². The lowest BCUT2D eigenvalue weighted by molar-refractivity contribution is 0.379. The summed E-state index contributed by atoms with van der Waals surface area (Å²) in [6.45, 7) is 3.11. The fourth-order valence-corrected chi connectivity index (χ4v) is 2.76. The highest BCUT2D eigenvalue weighted by Crippen LogP contribution is 2.42. The lowest BCUT2D eigenvalue weighted by Crippen LogP contribution is -2.40. The normalized spacial score (nSPS) is 18.3. The van der Waals surface area contributed by atoms with Gasteiger partial charge in [-0.1, -0.05) is 12.5 Å². The van der Waals surface area contributed by atoms with Gasteiger partial charge in [0.1, 0.15) is 5.82 Å². The van der Waals surface area contributed by atoms with Crippen LogP contribution in [-0.2, 0) is 0 Å². The number of nitrogens with one attached hydrogen (secondary N) is 1. The maximum atomic E-state index is 4.35. The Kier molecular flexibility index (Phi) is 3.19. The summed E-state index contributed by atoms with van der Waals surface area (Å²) in [4.78, 5) is 4.35. The molecule has 0 aromatic carbocycles. The van der Waals surface area contributed by atoms with Crippen molar-refractivity contribution in [1.82, 2.24) is 4.98 Å². The van der Waals surface area contributed by atoms with Crippen molar-refractivity contribution in [2.24, 2.45) is 0 Å². The van der Waals surface area contributed by atoms with Crippen molar-refractivity contribution in [2.75, 3.05) is 18.1 Å². The van der Waals surface area contributed by atoms with Crippen molar-refractivity contribution in [3.63, 3.8) is 0 Å². The number of hydrogen-bond acceptors (Lipinski definition) is 3. The Morgan fingerprint density at radius 3 is 2.73 bits per heavy atom. The molecule has 1 aromatic rings. The summed E-state index contributed by atoms with van der Waals surface area (Å²) >= 11 is 1.99. The standard InChI is InChI=1S/C12H18N2S/c1-10-4-5-11(13-8-10)14-9-12(15-2)6-3-7-12/h4-5,8H,3,6-7,9H2,1-2H3,(H,13,14). The second kappa shape index (κ2) is 4.44. The predicted molar refractivity (Wildman–Crippen MR) is 67.6 cm³/mol. The van der Waals surface area contributed by atoms with E-state index in [9.17, 15) is 0 Å². The molecular formula is C12H18N2S. The van der Waals surface area contributed by atoms with Gasteiger partial charge in [0, 0.05) is 17.5 Å². The van der Waals surface area contributed by atoms with E-state index in [-0.39, 0.29) is 0 Å². The van der Waals surface area contributed by atoms with E-state index in [1.807, 2.05) is 18.0 Å². The Hall–Kier alpha value is -0.700. The van der Waals surface area contributed by atoms with Gasteiger partial charge >= 0.3 is 0 Å². The van der Waals surface area contributed by atoms with Crippen LogP contribution in [0.2, 0.25) is 0 Å². The average Bonchev–Trinajstić information content (AvgIpc) is 2.20. The van der Waals surface area contributed by atoms with E-state index in [1.54, 1.807) is 0 Å². The third-order valence-corrected chi connectivity index (χ3v) is 4.62. The number of aromatic nitrogens is 1. The minimum atomic E-state index is 0.479. The highest BCUT2D eigenvalue weighted by atomic mass is 32.2. The molecule has 15 heavy (non-hydrogen) atoms. The van der Waals surface area contributed by atoms with Crippen LogP contribution >= 0.6 is 11.8 Å². The Balaban J connectivity index is 1.90. The Morgan fingerprint density at radius 1 is 1.47 bits per heavy atom. The monoisotopic (exact) mass is 222 g/mol. The number of thioether (sulfide) groups is 1. The number of hydrogen-bond donors (Lipinski definition) is 1. The molecule has 2 nitrogen and oxygen atoms in total. The molecular weight excluding hydrogens is 204 g/mol. The van der Waals surface area contributed by atoms with Gasteiger partial charge in [-0.25, -0.2) is 4.98 Å². The Labute approximate surface area is 95.9 Å². The molecule has 1 fully saturated rings. The van der Waals surface area contributed by atoms with Gasteiger partial charge in [0.2, 0.25) is 0 Å². The average molecular weight is 222 g/mol. The highest BCUT2D eigenvalue weighted by molar-refractivity contribution is 8.00. The number of pyridine rings is 1. The van der Waals surface area contributed by atoms with Gasteiger partial charge in [0.05, 0.1) is 0 Å². The van der Waals surface area contributed by atoms with Gasteiger partial charge < -0.3 is 5.32 Å². The Bertz CT molecular complexity index is 311. The van der Waals surface area contributed by atoms with Gasteiger partial charge in [-0.15, -0.1) is 0 Å². The van der Waals surface area contributed by atoms with Crippen molar-refractivity contribution in [3.05, 3.63) is 23.9 Å². The lowest BCUT2D eigenvalue weighted by Gasteiger charge is -2.40. The summed E-state index contributed by atoms with van der Waals surface area (Å²) in [5, 5.41) is 3.43. The molecule has 3 heteroatoms. The molecule has 1 aliphatic carbocycles. The van der Waals surface area contributed by atoms with Crippen molar-refractivity contribution in [1.29, 1.82) is 0 Å². The van der Waals surface area contributed by atoms with Gasteiger partial charge in [0.15, 0.2) is 0 Å². The number of anilines is 1. The van der Waals surface area contributed by atoms with Gasteiger partial charge in [0.25, 0.3) is 0 Å². The summed E-state index contributed by atoms with van der Waals surface area (Å²) < 4.78 is 0.479. The molecule has 0 spiro atoms. The highest BCUT2D eigenvalue weighted by Gasteiger charge is 2.35. The second-order valence-corrected chi connectivity index (χ2v) is 5.59. The van der Waals surface area contributed by atoms with E-state index in [0.717, 1.165) is 12.4 Å². The van der Waals surface area contributed by atoms with Gasteiger partial charge in [-0.3, -0.25) is 0 Å². The van der Waals surface area contributed by atoms with Gasteiger partial charge in [-0.2, -0.15) is 11.8 Å². The number of rotatable bonds is 4. The van der Waals surface area contributed by atoms with Crippen LogP contribution < -0.4 is 5.32 Å². The molecule has 1 saturated carbocycles. The summed E-state index contributed by atoms with van der Waals surface area (Å²) in [5.74, 6) is 1.00. The van der Waals surface area contributed by atoms with E-state index < -0.39 is 0 Å². The minimum absolute atomic E-state index is 0.479. The minimum Gasteiger partial charge on any atom is -0.369 e. The van der Waals surface area contributed by atoms with Crippen molar-refractivity contribution < 1.29 is 0 Å². The van der Waals surface area contributed by atoms with Crippen molar-refractivity contribution in [3.8, 4) is 0 Å². The molecule has 0 amide bonds. The molecule has 0 aliphatic heterocycles. The maximum absolute atomic E-state index is 4.35. The number of nitrogens with zero attached hydrogens (tertiary/aromatic N) is 1. The second-order valence-electron chi connectivity index (χ2n) is 4.32. The topological polar surface area (TPSA) is 24.9 Å². The van der Waals surface area contributed by atoms with Crippen LogP contribution in [0.5, 0.6) is 0 Å². The summed E-state index contributed by atoms with van der Waals surface area (Å²) in [5.41, 5.74) is 1.21. The summed E-state index contributed by atoms with van der Waals surface area (Å²) in [6.07, 6.45) is 8.18. The first kappa shape index (κ1) is 10.8. The third-order valence-electron chi connectivity index (χ3n) is 3.20. The van der Waals surface area contributed by atoms with E-state index in [0.29, 0.717) is 4.75 Å². The van der Waals surface area contributed by atoms with Crippen LogP contribution in [0, 0.1) is 6.92 Å². The zero-order valence-corrected chi connectivity index (χ0v) is 10.2. The smallest absolute Gasteiger partial charge is 0.125 e. The molecule has 82 valence electrons. The maximum Gasteiger partial charge on any atom is 0.125 e.